The molecule has 0 fully saturated rings. The SMILES string of the molecule is CCCCCOC(CCCO[Si])(OCCCCC)OCCCCC. The molecule has 143 valence electrons. The van der Waals surface area contributed by atoms with E-state index in [1.54, 1.807) is 0 Å². The number of hydrogen-bond acceptors (Lipinski definition) is 4. The molecule has 4 nitrogen and oxygen atoms in total. The first kappa shape index (κ1) is 24.1. The molecule has 0 N–H and O–H groups in total. The molecule has 0 aliphatic rings. The first-order valence-corrected chi connectivity index (χ1v) is 10.4. The van der Waals surface area contributed by atoms with Gasteiger partial charge < -0.3 is 18.6 Å². The fraction of sp³-hybridized carbons (Fsp3) is 1.00. The monoisotopic (exact) mass is 359 g/mol. The van der Waals surface area contributed by atoms with Gasteiger partial charge in [-0.2, -0.15) is 0 Å². The molecule has 24 heavy (non-hydrogen) atoms. The maximum atomic E-state index is 6.12. The van der Waals surface area contributed by atoms with Crippen LogP contribution in [0.5, 0.6) is 0 Å². The molecule has 0 amide bonds. The van der Waals surface area contributed by atoms with E-state index in [2.05, 4.69) is 31.3 Å². The van der Waals surface area contributed by atoms with Gasteiger partial charge in [0, 0.05) is 13.0 Å². The lowest BCUT2D eigenvalue weighted by Gasteiger charge is -2.33. The summed E-state index contributed by atoms with van der Waals surface area (Å²) < 4.78 is 23.4. The maximum absolute atomic E-state index is 6.12. The van der Waals surface area contributed by atoms with Crippen molar-refractivity contribution in [3.8, 4) is 0 Å². The van der Waals surface area contributed by atoms with E-state index in [1.165, 1.54) is 38.5 Å². The van der Waals surface area contributed by atoms with Crippen molar-refractivity contribution in [1.82, 2.24) is 0 Å². The van der Waals surface area contributed by atoms with Crippen molar-refractivity contribution < 1.29 is 18.6 Å². The fourth-order valence-corrected chi connectivity index (χ4v) is 2.59. The second-order valence-electron chi connectivity index (χ2n) is 6.30. The molecule has 0 aromatic rings. The minimum atomic E-state index is -0.903. The summed E-state index contributed by atoms with van der Waals surface area (Å²) in [6.07, 6.45) is 11.7. The Morgan fingerprint density at radius 2 is 1.00 bits per heavy atom. The van der Waals surface area contributed by atoms with Gasteiger partial charge in [-0.05, 0) is 25.7 Å². The van der Waals surface area contributed by atoms with Gasteiger partial charge in [0.2, 0.25) is 10.5 Å². The van der Waals surface area contributed by atoms with Gasteiger partial charge in [-0.3, -0.25) is 0 Å². The Balaban J connectivity index is 4.58. The van der Waals surface area contributed by atoms with Gasteiger partial charge in [0.25, 0.3) is 5.97 Å². The predicted octanol–water partition coefficient (Wildman–Crippen LogP) is 5.14. The lowest BCUT2D eigenvalue weighted by molar-refractivity contribution is -0.384. The van der Waals surface area contributed by atoms with Crippen molar-refractivity contribution in [3.05, 3.63) is 0 Å². The highest BCUT2D eigenvalue weighted by atomic mass is 28.2. The minimum Gasteiger partial charge on any atom is -0.419 e. The number of hydrogen-bond donors (Lipinski definition) is 0. The Kier molecular flexibility index (Phi) is 17.9. The summed E-state index contributed by atoms with van der Waals surface area (Å²) >= 11 is 0. The molecule has 0 unspecified atom stereocenters. The van der Waals surface area contributed by atoms with Crippen molar-refractivity contribution in [3.63, 3.8) is 0 Å². The van der Waals surface area contributed by atoms with Crippen LogP contribution in [0.25, 0.3) is 0 Å². The number of unbranched alkanes of at least 4 members (excludes halogenated alkanes) is 6. The molecule has 0 heterocycles. The van der Waals surface area contributed by atoms with Gasteiger partial charge in [0.05, 0.1) is 19.8 Å². The maximum Gasteiger partial charge on any atom is 0.282 e. The fourth-order valence-electron chi connectivity index (χ4n) is 2.44. The summed E-state index contributed by atoms with van der Waals surface area (Å²) in [5, 5.41) is 0. The first-order valence-electron chi connectivity index (χ1n) is 9.95. The molecule has 0 aromatic heterocycles. The van der Waals surface area contributed by atoms with E-state index in [0.717, 1.165) is 25.7 Å². The van der Waals surface area contributed by atoms with E-state index in [9.17, 15) is 0 Å². The van der Waals surface area contributed by atoms with Crippen LogP contribution in [0.1, 0.15) is 91.4 Å². The number of ether oxygens (including phenoxy) is 3. The summed E-state index contributed by atoms with van der Waals surface area (Å²) in [4.78, 5) is 0. The molecular weight excluding hydrogens is 320 g/mol. The zero-order chi connectivity index (χ0) is 17.9. The molecule has 0 aliphatic heterocycles. The van der Waals surface area contributed by atoms with Gasteiger partial charge in [0.1, 0.15) is 0 Å². The first-order chi connectivity index (χ1) is 11.7. The molecule has 0 spiro atoms. The Labute approximate surface area is 153 Å². The molecule has 5 heteroatoms. The summed E-state index contributed by atoms with van der Waals surface area (Å²) in [6, 6.07) is 0. The highest BCUT2D eigenvalue weighted by Gasteiger charge is 2.33. The van der Waals surface area contributed by atoms with Gasteiger partial charge in [-0.25, -0.2) is 0 Å². The van der Waals surface area contributed by atoms with Crippen LogP contribution in [0.15, 0.2) is 0 Å². The van der Waals surface area contributed by atoms with Crippen molar-refractivity contribution in [2.45, 2.75) is 97.4 Å². The van der Waals surface area contributed by atoms with Gasteiger partial charge in [-0.15, -0.1) is 0 Å². The lowest BCUT2D eigenvalue weighted by atomic mass is 10.2. The third-order valence-corrected chi connectivity index (χ3v) is 4.14. The smallest absolute Gasteiger partial charge is 0.282 e. The average Bonchev–Trinajstić information content (AvgIpc) is 2.60. The van der Waals surface area contributed by atoms with Crippen LogP contribution in [0, 0.1) is 0 Å². The van der Waals surface area contributed by atoms with Crippen LogP contribution in [-0.4, -0.2) is 42.9 Å². The van der Waals surface area contributed by atoms with Crippen LogP contribution in [-0.2, 0) is 18.6 Å². The van der Waals surface area contributed by atoms with E-state index < -0.39 is 5.97 Å². The standard InChI is InChI=1S/C19H39O4Si/c1-4-7-10-15-20-19(14-13-18-23-24,21-16-11-8-5-2)22-17-12-9-6-3/h4-18H2,1-3H3. The topological polar surface area (TPSA) is 36.9 Å². The van der Waals surface area contributed by atoms with Crippen molar-refractivity contribution in [2.75, 3.05) is 26.4 Å². The van der Waals surface area contributed by atoms with Crippen LogP contribution in [0.4, 0.5) is 0 Å². The zero-order valence-corrected chi connectivity index (χ0v) is 17.2. The highest BCUT2D eigenvalue weighted by molar-refractivity contribution is 5.97. The van der Waals surface area contributed by atoms with Gasteiger partial charge >= 0.3 is 0 Å². The zero-order valence-electron chi connectivity index (χ0n) is 16.2. The molecule has 0 rings (SSSR count). The van der Waals surface area contributed by atoms with Crippen LogP contribution < -0.4 is 0 Å². The summed E-state index contributed by atoms with van der Waals surface area (Å²) in [5.41, 5.74) is 0. The third kappa shape index (κ3) is 13.4. The van der Waals surface area contributed by atoms with E-state index in [0.29, 0.717) is 32.8 Å². The molecule has 3 radical (unpaired) electrons. The van der Waals surface area contributed by atoms with Crippen LogP contribution >= 0.6 is 0 Å². The Bertz CT molecular complexity index is 220. The van der Waals surface area contributed by atoms with E-state index >= 15 is 0 Å². The van der Waals surface area contributed by atoms with Crippen LogP contribution in [0.3, 0.4) is 0 Å². The average molecular weight is 360 g/mol. The second-order valence-corrected chi connectivity index (χ2v) is 6.59. The summed E-state index contributed by atoms with van der Waals surface area (Å²) in [6.45, 7) is 9.26. The number of rotatable bonds is 19. The van der Waals surface area contributed by atoms with Crippen molar-refractivity contribution >= 4 is 10.5 Å². The largest absolute Gasteiger partial charge is 0.419 e. The van der Waals surface area contributed by atoms with Crippen LogP contribution in [0.2, 0.25) is 0 Å². The predicted molar refractivity (Wildman–Crippen MR) is 100 cm³/mol. The Morgan fingerprint density at radius 1 is 0.583 bits per heavy atom. The molecule has 0 saturated carbocycles. The third-order valence-electron chi connectivity index (χ3n) is 3.94. The second kappa shape index (κ2) is 17.9. The van der Waals surface area contributed by atoms with E-state index in [1.807, 2.05) is 0 Å². The van der Waals surface area contributed by atoms with E-state index in [-0.39, 0.29) is 0 Å². The molecule has 0 bridgehead atoms. The molecule has 0 aliphatic carbocycles. The van der Waals surface area contributed by atoms with Crippen molar-refractivity contribution in [2.24, 2.45) is 0 Å². The van der Waals surface area contributed by atoms with E-state index in [4.69, 9.17) is 18.6 Å². The normalized spacial score (nSPS) is 12.0. The summed E-state index contributed by atoms with van der Waals surface area (Å²) in [5.74, 6) is -0.903. The lowest BCUT2D eigenvalue weighted by Crippen LogP contribution is -2.40. The highest BCUT2D eigenvalue weighted by Crippen LogP contribution is 2.24. The van der Waals surface area contributed by atoms with Crippen molar-refractivity contribution in [1.29, 1.82) is 0 Å². The Morgan fingerprint density at radius 3 is 1.33 bits per heavy atom. The molecule has 0 atom stereocenters. The summed E-state index contributed by atoms with van der Waals surface area (Å²) in [7, 11) is 3.06. The molecular formula is C19H39O4Si. The minimum absolute atomic E-state index is 0.619. The quantitative estimate of drug-likeness (QED) is 0.182. The van der Waals surface area contributed by atoms with Gasteiger partial charge in [-0.1, -0.05) is 59.3 Å². The molecule has 0 aromatic carbocycles. The van der Waals surface area contributed by atoms with Gasteiger partial charge in [0.15, 0.2) is 0 Å². The molecule has 0 saturated heterocycles. The Hall–Kier alpha value is 0.0569.